The molecule has 0 saturated carbocycles. The number of fused-ring (bicyclic) bond motifs is 2. The highest BCUT2D eigenvalue weighted by Gasteiger charge is 2.48. The predicted octanol–water partition coefficient (Wildman–Crippen LogP) is 2.38. The van der Waals surface area contributed by atoms with Crippen molar-refractivity contribution in [2.75, 3.05) is 20.3 Å². The van der Waals surface area contributed by atoms with E-state index >= 15 is 0 Å². The van der Waals surface area contributed by atoms with Crippen molar-refractivity contribution in [1.29, 1.82) is 0 Å². The number of aliphatic hydroxyl groups excluding tert-OH is 1. The maximum absolute atomic E-state index is 14.3. The molecule has 32 heavy (non-hydrogen) atoms. The Hall–Kier alpha value is -2.73. The van der Waals surface area contributed by atoms with Crippen molar-refractivity contribution in [3.63, 3.8) is 0 Å². The number of nitrogens with one attached hydrogen (secondary N) is 1. The van der Waals surface area contributed by atoms with Gasteiger partial charge in [0.15, 0.2) is 23.3 Å². The van der Waals surface area contributed by atoms with Crippen LogP contribution in [0.1, 0.15) is 5.56 Å². The molecule has 3 aromatic rings. The number of pyridine rings is 1. The van der Waals surface area contributed by atoms with Crippen LogP contribution in [0.5, 0.6) is 17.6 Å². The molecule has 2 N–H and O–H groups in total. The third-order valence-electron chi connectivity index (χ3n) is 5.34. The van der Waals surface area contributed by atoms with Crippen LogP contribution < -0.4 is 14.2 Å². The van der Waals surface area contributed by atoms with Gasteiger partial charge in [-0.3, -0.25) is 0 Å². The first-order chi connectivity index (χ1) is 15.4. The summed E-state index contributed by atoms with van der Waals surface area (Å²) in [6, 6.07) is 3.94. The van der Waals surface area contributed by atoms with Crippen molar-refractivity contribution < 1.29 is 37.6 Å². The van der Waals surface area contributed by atoms with Crippen molar-refractivity contribution in [3.05, 3.63) is 40.4 Å². The molecule has 0 bridgehead atoms. The number of H-pyrrole nitrogens is 1. The number of ether oxygens (including phenoxy) is 5. The summed E-state index contributed by atoms with van der Waals surface area (Å²) in [5.41, 5.74) is 0.385. The van der Waals surface area contributed by atoms with E-state index in [4.69, 9.17) is 35.3 Å². The summed E-state index contributed by atoms with van der Waals surface area (Å²) in [5.74, 6) is -1.81. The van der Waals surface area contributed by atoms with Gasteiger partial charge in [0.25, 0.3) is 6.01 Å². The van der Waals surface area contributed by atoms with E-state index in [1.54, 1.807) is 0 Å². The zero-order valence-electron chi connectivity index (χ0n) is 16.7. The number of nitrogens with zero attached hydrogens (tertiary/aromatic N) is 2. The first-order valence-corrected chi connectivity index (χ1v) is 10.1. The molecule has 0 aliphatic carbocycles. The fourth-order valence-electron chi connectivity index (χ4n) is 3.73. The van der Waals surface area contributed by atoms with Crippen LogP contribution in [0.2, 0.25) is 5.02 Å². The minimum absolute atomic E-state index is 0.0506. The molecule has 2 fully saturated rings. The number of halogens is 3. The number of aliphatic hydroxyl groups is 1. The van der Waals surface area contributed by atoms with Gasteiger partial charge in [-0.2, -0.15) is 9.97 Å². The standard InChI is InChI=1S/C20H18ClF2N3O6/c1-28-13-3-2-10(22)8(15(13)23)5-31-19-9(21)4-11-18(25-19)26-20(24-11)32-14-7-30-16-12(27)6-29-17(14)16/h2-4,12,14,16-17,27H,5-7H2,1H3,(H,24,25,26)/t12-,14-,16?,17-/m1/s1. The van der Waals surface area contributed by atoms with Crippen LogP contribution in [-0.2, 0) is 16.1 Å². The highest BCUT2D eigenvalue weighted by molar-refractivity contribution is 6.32. The average molecular weight is 470 g/mol. The highest BCUT2D eigenvalue weighted by Crippen LogP contribution is 2.32. The highest BCUT2D eigenvalue weighted by atomic mass is 35.5. The molecule has 4 atom stereocenters. The van der Waals surface area contributed by atoms with Gasteiger partial charge in [-0.15, -0.1) is 0 Å². The third kappa shape index (κ3) is 3.71. The van der Waals surface area contributed by atoms with E-state index in [2.05, 4.69) is 15.0 Å². The fourth-order valence-corrected chi connectivity index (χ4v) is 3.94. The number of benzene rings is 1. The second-order valence-electron chi connectivity index (χ2n) is 7.34. The number of rotatable bonds is 6. The van der Waals surface area contributed by atoms with E-state index < -0.39 is 42.7 Å². The predicted molar refractivity (Wildman–Crippen MR) is 106 cm³/mol. The SMILES string of the molecule is COc1ccc(F)c(COc2nc3nc(O[C@@H]4COC5[C@H](O)CO[C@@H]54)[nH]c3cc2Cl)c1F. The molecule has 0 radical (unpaired) electrons. The Kier molecular flexibility index (Phi) is 5.49. The Labute approximate surface area is 185 Å². The lowest BCUT2D eigenvalue weighted by atomic mass is 10.1. The molecule has 170 valence electrons. The number of hydrogen-bond donors (Lipinski definition) is 2. The Morgan fingerprint density at radius 1 is 1.22 bits per heavy atom. The number of aromatic nitrogens is 3. The smallest absolute Gasteiger partial charge is 0.296 e. The summed E-state index contributed by atoms with van der Waals surface area (Å²) in [7, 11) is 1.28. The minimum atomic E-state index is -0.864. The third-order valence-corrected chi connectivity index (χ3v) is 5.61. The quantitative estimate of drug-likeness (QED) is 0.566. The summed E-state index contributed by atoms with van der Waals surface area (Å²) in [6.45, 7) is -0.0334. The Balaban J connectivity index is 1.33. The van der Waals surface area contributed by atoms with E-state index in [1.165, 1.54) is 19.2 Å². The summed E-state index contributed by atoms with van der Waals surface area (Å²) < 4.78 is 55.6. The second kappa shape index (κ2) is 8.32. The van der Waals surface area contributed by atoms with Crippen LogP contribution in [-0.4, -0.2) is 64.8 Å². The topological polar surface area (TPSA) is 108 Å². The second-order valence-corrected chi connectivity index (χ2v) is 7.75. The molecular weight excluding hydrogens is 452 g/mol. The molecule has 0 amide bonds. The van der Waals surface area contributed by atoms with E-state index in [0.29, 0.717) is 5.52 Å². The Morgan fingerprint density at radius 3 is 2.84 bits per heavy atom. The van der Waals surface area contributed by atoms with Gasteiger partial charge in [-0.1, -0.05) is 11.6 Å². The van der Waals surface area contributed by atoms with Crippen molar-refractivity contribution in [2.45, 2.75) is 31.0 Å². The van der Waals surface area contributed by atoms with E-state index in [-0.39, 0.29) is 47.1 Å². The van der Waals surface area contributed by atoms with Crippen molar-refractivity contribution in [1.82, 2.24) is 15.0 Å². The first kappa shape index (κ1) is 21.1. The Morgan fingerprint density at radius 2 is 2.03 bits per heavy atom. The normalized spacial score (nSPS) is 24.7. The van der Waals surface area contributed by atoms with E-state index in [1.807, 2.05) is 0 Å². The zero-order chi connectivity index (χ0) is 22.4. The average Bonchev–Trinajstić information content (AvgIpc) is 3.45. The molecule has 2 aliphatic rings. The molecule has 2 aromatic heterocycles. The molecule has 2 saturated heterocycles. The van der Waals surface area contributed by atoms with Gasteiger partial charge in [-0.25, -0.2) is 8.78 Å². The van der Waals surface area contributed by atoms with Gasteiger partial charge in [0, 0.05) is 0 Å². The van der Waals surface area contributed by atoms with Gasteiger partial charge >= 0.3 is 0 Å². The number of aromatic amines is 1. The van der Waals surface area contributed by atoms with Crippen molar-refractivity contribution in [3.8, 4) is 17.6 Å². The van der Waals surface area contributed by atoms with Gasteiger partial charge in [0.2, 0.25) is 5.88 Å². The number of hydrogen-bond acceptors (Lipinski definition) is 8. The number of imidazole rings is 1. The van der Waals surface area contributed by atoms with Crippen LogP contribution in [0.15, 0.2) is 18.2 Å². The van der Waals surface area contributed by atoms with Crippen LogP contribution in [0.3, 0.4) is 0 Å². The summed E-state index contributed by atoms with van der Waals surface area (Å²) in [6.07, 6.45) is -1.98. The van der Waals surface area contributed by atoms with Crippen LogP contribution in [0.25, 0.3) is 11.2 Å². The molecule has 0 spiro atoms. The van der Waals surface area contributed by atoms with Crippen LogP contribution >= 0.6 is 11.6 Å². The molecule has 5 rings (SSSR count). The maximum atomic E-state index is 14.3. The molecule has 9 nitrogen and oxygen atoms in total. The monoisotopic (exact) mass is 469 g/mol. The van der Waals surface area contributed by atoms with Gasteiger partial charge < -0.3 is 33.8 Å². The maximum Gasteiger partial charge on any atom is 0.296 e. The molecule has 4 heterocycles. The molecule has 12 heteroatoms. The molecule has 1 unspecified atom stereocenters. The zero-order valence-corrected chi connectivity index (χ0v) is 17.4. The van der Waals surface area contributed by atoms with Crippen molar-refractivity contribution >= 4 is 22.8 Å². The van der Waals surface area contributed by atoms with E-state index in [9.17, 15) is 13.9 Å². The summed E-state index contributed by atoms with van der Waals surface area (Å²) in [5, 5.41) is 9.95. The molecular formula is C20H18ClF2N3O6. The largest absolute Gasteiger partial charge is 0.494 e. The van der Waals surface area contributed by atoms with Crippen LogP contribution in [0, 0.1) is 11.6 Å². The Bertz CT molecular complexity index is 1160. The first-order valence-electron chi connectivity index (χ1n) is 9.72. The molecule has 1 aromatic carbocycles. The van der Waals surface area contributed by atoms with Crippen LogP contribution in [0.4, 0.5) is 8.78 Å². The number of methoxy groups -OCH3 is 1. The lowest BCUT2D eigenvalue weighted by Gasteiger charge is -2.15. The van der Waals surface area contributed by atoms with Gasteiger partial charge in [0.05, 0.1) is 31.4 Å². The van der Waals surface area contributed by atoms with Gasteiger partial charge in [-0.05, 0) is 18.2 Å². The lowest BCUT2D eigenvalue weighted by molar-refractivity contribution is 0.00706. The van der Waals surface area contributed by atoms with E-state index in [0.717, 1.165) is 6.07 Å². The lowest BCUT2D eigenvalue weighted by Crippen LogP contribution is -2.34. The van der Waals surface area contributed by atoms with Gasteiger partial charge in [0.1, 0.15) is 35.8 Å². The summed E-state index contributed by atoms with van der Waals surface area (Å²) in [4.78, 5) is 11.4. The van der Waals surface area contributed by atoms with Crippen molar-refractivity contribution in [2.24, 2.45) is 0 Å². The molecule has 2 aliphatic heterocycles. The summed E-state index contributed by atoms with van der Waals surface area (Å²) >= 11 is 6.22. The fraction of sp³-hybridized carbons (Fsp3) is 0.400. The minimum Gasteiger partial charge on any atom is -0.494 e.